The number of cyclic esters (lactones) is 1. The smallest absolute Gasteiger partial charge is 0.323 e. The molecule has 2 aliphatic heterocycles. The van der Waals surface area contributed by atoms with Crippen LogP contribution in [0.3, 0.4) is 0 Å². The summed E-state index contributed by atoms with van der Waals surface area (Å²) in [4.78, 5) is 13.8. The van der Waals surface area contributed by atoms with Crippen LogP contribution in [0.4, 0.5) is 0 Å². The number of aromatic nitrogens is 2. The van der Waals surface area contributed by atoms with Gasteiger partial charge in [0.05, 0.1) is 11.7 Å². The van der Waals surface area contributed by atoms with Crippen LogP contribution < -0.4 is 0 Å². The van der Waals surface area contributed by atoms with Crippen LogP contribution in [0.25, 0.3) is 0 Å². The van der Waals surface area contributed by atoms with Crippen LogP contribution in [-0.2, 0) is 9.53 Å². The van der Waals surface area contributed by atoms with Crippen LogP contribution in [0.5, 0.6) is 0 Å². The third-order valence-electron chi connectivity index (χ3n) is 3.87. The molecule has 0 bridgehead atoms. The van der Waals surface area contributed by atoms with Gasteiger partial charge in [0, 0.05) is 25.2 Å². The summed E-state index contributed by atoms with van der Waals surface area (Å²) in [6.45, 7) is 7.84. The lowest BCUT2D eigenvalue weighted by molar-refractivity contribution is -0.146. The minimum atomic E-state index is -0.0608. The van der Waals surface area contributed by atoms with Crippen LogP contribution in [-0.4, -0.2) is 45.9 Å². The predicted octanol–water partition coefficient (Wildman–Crippen LogP) is 1.06. The summed E-state index contributed by atoms with van der Waals surface area (Å²) < 4.78 is 7.28. The van der Waals surface area contributed by atoms with E-state index in [2.05, 4.69) is 27.7 Å². The van der Waals surface area contributed by atoms with Gasteiger partial charge in [-0.15, -0.1) is 0 Å². The summed E-state index contributed by atoms with van der Waals surface area (Å²) in [5, 5.41) is 4.50. The largest absolute Gasteiger partial charge is 0.461 e. The molecule has 2 unspecified atom stereocenters. The van der Waals surface area contributed by atoms with Gasteiger partial charge < -0.3 is 4.74 Å². The number of likely N-dealkylation sites (tertiary alicyclic amines) is 1. The van der Waals surface area contributed by atoms with Gasteiger partial charge in [0.25, 0.3) is 0 Å². The van der Waals surface area contributed by atoms with Crippen LogP contribution in [0.15, 0.2) is 6.07 Å². The number of ether oxygens (including phenoxy) is 1. The Morgan fingerprint density at radius 1 is 1.39 bits per heavy atom. The highest BCUT2D eigenvalue weighted by molar-refractivity contribution is 5.78. The van der Waals surface area contributed by atoms with Crippen molar-refractivity contribution >= 4 is 5.97 Å². The van der Waals surface area contributed by atoms with Crippen LogP contribution >= 0.6 is 0 Å². The van der Waals surface area contributed by atoms with E-state index in [4.69, 9.17) is 4.74 Å². The van der Waals surface area contributed by atoms with Gasteiger partial charge in [-0.1, -0.05) is 0 Å². The summed E-state index contributed by atoms with van der Waals surface area (Å²) in [5.74, 6) is -0.0608. The molecule has 0 saturated carbocycles. The summed E-state index contributed by atoms with van der Waals surface area (Å²) in [6.07, 6.45) is 0.887. The maximum atomic E-state index is 11.6. The van der Waals surface area contributed by atoms with Crippen molar-refractivity contribution in [1.29, 1.82) is 0 Å². The Kier molecular flexibility index (Phi) is 2.66. The highest BCUT2D eigenvalue weighted by Gasteiger charge is 2.43. The first-order chi connectivity index (χ1) is 8.54. The van der Waals surface area contributed by atoms with Crippen molar-refractivity contribution in [2.45, 2.75) is 45.4 Å². The van der Waals surface area contributed by atoms with E-state index in [1.54, 1.807) is 0 Å². The molecule has 18 heavy (non-hydrogen) atoms. The Bertz CT molecular complexity index is 477. The van der Waals surface area contributed by atoms with E-state index in [1.807, 2.05) is 13.8 Å². The lowest BCUT2D eigenvalue weighted by atomic mass is 10.0. The average Bonchev–Trinajstić information content (AvgIpc) is 2.69. The topological polar surface area (TPSA) is 47.4 Å². The molecule has 5 heteroatoms. The van der Waals surface area contributed by atoms with Crippen molar-refractivity contribution in [3.05, 3.63) is 17.5 Å². The van der Waals surface area contributed by atoms with E-state index >= 15 is 0 Å². The van der Waals surface area contributed by atoms with Gasteiger partial charge in [0.15, 0.2) is 0 Å². The zero-order chi connectivity index (χ0) is 12.9. The second kappa shape index (κ2) is 4.09. The molecule has 98 valence electrons. The van der Waals surface area contributed by atoms with E-state index in [0.29, 0.717) is 6.04 Å². The number of rotatable bonds is 2. The molecule has 0 aliphatic carbocycles. The number of nitrogens with zero attached hydrogens (tertiary/aromatic N) is 3. The van der Waals surface area contributed by atoms with Gasteiger partial charge in [-0.25, -0.2) is 0 Å². The van der Waals surface area contributed by atoms with Gasteiger partial charge in [0.1, 0.15) is 12.1 Å². The minimum Gasteiger partial charge on any atom is -0.461 e. The molecule has 1 aromatic heterocycles. The first-order valence-corrected chi connectivity index (χ1v) is 6.52. The quantitative estimate of drug-likeness (QED) is 0.735. The average molecular weight is 249 g/mol. The molecule has 1 aromatic rings. The Labute approximate surface area is 107 Å². The van der Waals surface area contributed by atoms with Gasteiger partial charge in [0.2, 0.25) is 0 Å². The molecule has 0 aromatic carbocycles. The molecule has 0 N–H and O–H groups in total. The normalized spacial score (nSPS) is 29.4. The molecule has 2 fully saturated rings. The standard InChI is InChI=1S/C13H19N3O2/c1-8-4-9(2)16(14-8)11-6-15(7-11)12-5-10(3)18-13(12)17/h4,10-12H,5-7H2,1-3H3. The maximum Gasteiger partial charge on any atom is 0.323 e. The van der Waals surface area contributed by atoms with Crippen LogP contribution in [0, 0.1) is 13.8 Å². The monoisotopic (exact) mass is 249 g/mol. The van der Waals surface area contributed by atoms with Crippen LogP contribution in [0.2, 0.25) is 0 Å². The van der Waals surface area contributed by atoms with E-state index in [1.165, 1.54) is 5.69 Å². The fourth-order valence-corrected chi connectivity index (χ4v) is 2.95. The first kappa shape index (κ1) is 11.7. The van der Waals surface area contributed by atoms with Crippen LogP contribution in [0.1, 0.15) is 30.8 Å². The zero-order valence-corrected chi connectivity index (χ0v) is 11.1. The Hall–Kier alpha value is -1.36. The minimum absolute atomic E-state index is 0.0341. The number of hydrogen-bond acceptors (Lipinski definition) is 4. The second-order valence-electron chi connectivity index (χ2n) is 5.48. The molecule has 3 heterocycles. The molecule has 2 aliphatic rings. The SMILES string of the molecule is Cc1cc(C)n(C2CN(C3CC(C)OC3=O)C2)n1. The molecule has 5 nitrogen and oxygen atoms in total. The van der Waals surface area contributed by atoms with Crippen molar-refractivity contribution in [2.24, 2.45) is 0 Å². The molecule has 0 radical (unpaired) electrons. The summed E-state index contributed by atoms with van der Waals surface area (Å²) in [7, 11) is 0. The van der Waals surface area contributed by atoms with Gasteiger partial charge in [-0.2, -0.15) is 5.10 Å². The van der Waals surface area contributed by atoms with Gasteiger partial charge in [-0.3, -0.25) is 14.4 Å². The lowest BCUT2D eigenvalue weighted by Crippen LogP contribution is -2.54. The zero-order valence-electron chi connectivity index (χ0n) is 11.1. The molecule has 2 atom stereocenters. The van der Waals surface area contributed by atoms with E-state index in [0.717, 1.165) is 25.2 Å². The third-order valence-corrected chi connectivity index (χ3v) is 3.87. The molecule has 0 amide bonds. The molecule has 0 spiro atoms. The van der Waals surface area contributed by atoms with Crippen molar-refractivity contribution in [1.82, 2.24) is 14.7 Å². The third kappa shape index (κ3) is 1.82. The van der Waals surface area contributed by atoms with E-state index in [-0.39, 0.29) is 18.1 Å². The van der Waals surface area contributed by atoms with Gasteiger partial charge in [-0.05, 0) is 26.8 Å². The molecular formula is C13H19N3O2. The second-order valence-corrected chi connectivity index (χ2v) is 5.48. The van der Waals surface area contributed by atoms with E-state index in [9.17, 15) is 4.79 Å². The number of aryl methyl sites for hydroxylation is 2. The van der Waals surface area contributed by atoms with E-state index < -0.39 is 0 Å². The number of hydrogen-bond donors (Lipinski definition) is 0. The highest BCUT2D eigenvalue weighted by atomic mass is 16.6. The molecule has 3 rings (SSSR count). The number of carbonyl (C=O) groups excluding carboxylic acids is 1. The fraction of sp³-hybridized carbons (Fsp3) is 0.692. The van der Waals surface area contributed by atoms with Gasteiger partial charge >= 0.3 is 5.97 Å². The number of carbonyl (C=O) groups is 1. The number of esters is 1. The highest BCUT2D eigenvalue weighted by Crippen LogP contribution is 2.29. The summed E-state index contributed by atoms with van der Waals surface area (Å²) in [5.41, 5.74) is 2.25. The van der Waals surface area contributed by atoms with Crippen molar-refractivity contribution in [2.75, 3.05) is 13.1 Å². The molecule has 2 saturated heterocycles. The van der Waals surface area contributed by atoms with Crippen molar-refractivity contribution < 1.29 is 9.53 Å². The predicted molar refractivity (Wildman–Crippen MR) is 66.3 cm³/mol. The van der Waals surface area contributed by atoms with Crippen molar-refractivity contribution in [3.63, 3.8) is 0 Å². The lowest BCUT2D eigenvalue weighted by Gasteiger charge is -2.41. The Morgan fingerprint density at radius 3 is 2.61 bits per heavy atom. The molecular weight excluding hydrogens is 230 g/mol. The summed E-state index contributed by atoms with van der Waals surface area (Å²) >= 11 is 0. The Morgan fingerprint density at radius 2 is 2.11 bits per heavy atom. The van der Waals surface area contributed by atoms with Crippen molar-refractivity contribution in [3.8, 4) is 0 Å². The fourth-order valence-electron chi connectivity index (χ4n) is 2.95. The Balaban J connectivity index is 1.64. The summed E-state index contributed by atoms with van der Waals surface area (Å²) in [6, 6.07) is 2.46. The maximum absolute atomic E-state index is 11.6. The first-order valence-electron chi connectivity index (χ1n) is 6.52.